The second-order valence-corrected chi connectivity index (χ2v) is 2.33. The van der Waals surface area contributed by atoms with Crippen LogP contribution in [-0.2, 0) is 0 Å². The molecule has 4 nitrogen and oxygen atoms in total. The molecule has 0 atom stereocenters. The van der Waals surface area contributed by atoms with E-state index >= 15 is 0 Å². The molecule has 68 valence electrons. The molecule has 1 N–H and O–H groups in total. The molecule has 2 heterocycles. The monoisotopic (exact) mass is 199 g/mol. The Hall–Kier alpha value is -1.55. The van der Waals surface area contributed by atoms with Crippen LogP contribution < -0.4 is 0 Å². The number of hydrogen-bond acceptors (Lipinski definition) is 3. The quantitative estimate of drug-likeness (QED) is 0.763. The second kappa shape index (κ2) is 3.45. The SMILES string of the molecule is Cl.O=C(O)c1cc2ccncc2o1. The van der Waals surface area contributed by atoms with Crippen LogP contribution in [0.25, 0.3) is 11.0 Å². The lowest BCUT2D eigenvalue weighted by molar-refractivity contribution is 0.0665. The van der Waals surface area contributed by atoms with Gasteiger partial charge in [0.1, 0.15) is 0 Å². The maximum atomic E-state index is 10.5. The molecule has 5 heteroatoms. The Morgan fingerprint density at radius 1 is 1.54 bits per heavy atom. The van der Waals surface area contributed by atoms with Gasteiger partial charge in [0.05, 0.1) is 6.20 Å². The maximum absolute atomic E-state index is 10.5. The first kappa shape index (κ1) is 9.54. The van der Waals surface area contributed by atoms with Crippen LogP contribution in [0.2, 0.25) is 0 Å². The zero-order valence-corrected chi connectivity index (χ0v) is 7.25. The number of pyridine rings is 1. The van der Waals surface area contributed by atoms with Crippen molar-refractivity contribution in [1.82, 2.24) is 4.98 Å². The summed E-state index contributed by atoms with van der Waals surface area (Å²) in [5.74, 6) is -1.12. The number of aromatic nitrogens is 1. The highest BCUT2D eigenvalue weighted by atomic mass is 35.5. The molecule has 0 aliphatic heterocycles. The van der Waals surface area contributed by atoms with Gasteiger partial charge in [-0.3, -0.25) is 4.98 Å². The molecule has 0 aliphatic carbocycles. The lowest BCUT2D eigenvalue weighted by atomic mass is 10.3. The Labute approximate surface area is 79.6 Å². The number of nitrogens with zero attached hydrogens (tertiary/aromatic N) is 1. The van der Waals surface area contributed by atoms with Gasteiger partial charge in [-0.2, -0.15) is 0 Å². The van der Waals surface area contributed by atoms with E-state index in [2.05, 4.69) is 4.98 Å². The lowest BCUT2D eigenvalue weighted by Crippen LogP contribution is -1.91. The largest absolute Gasteiger partial charge is 0.475 e. The smallest absolute Gasteiger partial charge is 0.371 e. The molecule has 0 spiro atoms. The van der Waals surface area contributed by atoms with Crippen LogP contribution in [0.4, 0.5) is 0 Å². The predicted molar refractivity (Wildman–Crippen MR) is 48.2 cm³/mol. The third kappa shape index (κ3) is 1.62. The summed E-state index contributed by atoms with van der Waals surface area (Å²) in [6.45, 7) is 0. The Kier molecular flexibility index (Phi) is 2.53. The summed E-state index contributed by atoms with van der Waals surface area (Å²) in [6, 6.07) is 3.17. The standard InChI is InChI=1S/C8H5NO3.ClH/c10-8(11)6-3-5-1-2-9-4-7(5)12-6;/h1-4H,(H,10,11);1H. The van der Waals surface area contributed by atoms with Crippen molar-refractivity contribution >= 4 is 29.3 Å². The van der Waals surface area contributed by atoms with Crippen molar-refractivity contribution in [2.45, 2.75) is 0 Å². The molecule has 0 aromatic carbocycles. The number of carbonyl (C=O) groups is 1. The van der Waals surface area contributed by atoms with Crippen LogP contribution in [0.15, 0.2) is 28.9 Å². The molecule has 13 heavy (non-hydrogen) atoms. The van der Waals surface area contributed by atoms with Gasteiger partial charge in [-0.05, 0) is 12.1 Å². The zero-order valence-electron chi connectivity index (χ0n) is 6.43. The van der Waals surface area contributed by atoms with E-state index in [9.17, 15) is 4.79 Å². The van der Waals surface area contributed by atoms with Gasteiger partial charge in [0.25, 0.3) is 0 Å². The summed E-state index contributed by atoms with van der Waals surface area (Å²) in [5, 5.41) is 9.32. The summed E-state index contributed by atoms with van der Waals surface area (Å²) in [7, 11) is 0. The molecule has 0 bridgehead atoms. The summed E-state index contributed by atoms with van der Waals surface area (Å²) in [4.78, 5) is 14.3. The number of halogens is 1. The van der Waals surface area contributed by atoms with Crippen LogP contribution in [-0.4, -0.2) is 16.1 Å². The highest BCUT2D eigenvalue weighted by Crippen LogP contribution is 2.17. The van der Waals surface area contributed by atoms with Crippen LogP contribution in [0, 0.1) is 0 Å². The van der Waals surface area contributed by atoms with Crippen molar-refractivity contribution in [3.63, 3.8) is 0 Å². The Morgan fingerprint density at radius 2 is 2.31 bits per heavy atom. The third-order valence-corrected chi connectivity index (χ3v) is 1.53. The summed E-state index contributed by atoms with van der Waals surface area (Å²) in [5.41, 5.74) is 0.495. The Balaban J connectivity index is 0.000000845. The fraction of sp³-hybridized carbons (Fsp3) is 0. The first-order valence-corrected chi connectivity index (χ1v) is 3.34. The van der Waals surface area contributed by atoms with E-state index in [0.29, 0.717) is 5.58 Å². The van der Waals surface area contributed by atoms with Crippen LogP contribution in [0.5, 0.6) is 0 Å². The molecule has 0 aliphatic rings. The third-order valence-electron chi connectivity index (χ3n) is 1.53. The zero-order chi connectivity index (χ0) is 8.55. The van der Waals surface area contributed by atoms with E-state index in [1.807, 2.05) is 0 Å². The van der Waals surface area contributed by atoms with E-state index in [1.165, 1.54) is 12.3 Å². The number of aromatic carboxylic acids is 1. The molecule has 2 rings (SSSR count). The number of carboxylic acid groups (broad SMARTS) is 1. The van der Waals surface area contributed by atoms with Gasteiger partial charge in [0.15, 0.2) is 5.58 Å². The van der Waals surface area contributed by atoms with Crippen molar-refractivity contribution in [3.8, 4) is 0 Å². The van der Waals surface area contributed by atoms with Gasteiger partial charge < -0.3 is 9.52 Å². The first-order valence-electron chi connectivity index (χ1n) is 3.34. The number of fused-ring (bicyclic) bond motifs is 1. The molecular formula is C8H6ClNO3. The molecule has 0 fully saturated rings. The van der Waals surface area contributed by atoms with Crippen molar-refractivity contribution in [1.29, 1.82) is 0 Å². The Morgan fingerprint density at radius 3 is 2.92 bits per heavy atom. The minimum atomic E-state index is -1.06. The highest BCUT2D eigenvalue weighted by Gasteiger charge is 2.09. The molecule has 2 aromatic heterocycles. The molecule has 0 saturated heterocycles. The molecule has 0 amide bonds. The van der Waals surface area contributed by atoms with Crippen molar-refractivity contribution in [2.75, 3.05) is 0 Å². The van der Waals surface area contributed by atoms with E-state index in [0.717, 1.165) is 5.39 Å². The molecule has 0 radical (unpaired) electrons. The summed E-state index contributed by atoms with van der Waals surface area (Å²) in [6.07, 6.45) is 3.07. The highest BCUT2D eigenvalue weighted by molar-refractivity contribution is 5.90. The van der Waals surface area contributed by atoms with Crippen LogP contribution >= 0.6 is 12.4 Å². The molecule has 0 unspecified atom stereocenters. The van der Waals surface area contributed by atoms with Crippen molar-refractivity contribution in [2.24, 2.45) is 0 Å². The van der Waals surface area contributed by atoms with E-state index in [-0.39, 0.29) is 18.2 Å². The summed E-state index contributed by atoms with van der Waals surface area (Å²) < 4.78 is 4.97. The van der Waals surface area contributed by atoms with E-state index in [4.69, 9.17) is 9.52 Å². The summed E-state index contributed by atoms with van der Waals surface area (Å²) >= 11 is 0. The van der Waals surface area contributed by atoms with Crippen LogP contribution in [0.1, 0.15) is 10.6 Å². The van der Waals surface area contributed by atoms with Crippen molar-refractivity contribution < 1.29 is 14.3 Å². The number of furan rings is 1. The van der Waals surface area contributed by atoms with Gasteiger partial charge >= 0.3 is 5.97 Å². The van der Waals surface area contributed by atoms with E-state index < -0.39 is 5.97 Å². The normalized spacial score (nSPS) is 9.54. The fourth-order valence-corrected chi connectivity index (χ4v) is 0.990. The predicted octanol–water partition coefficient (Wildman–Crippen LogP) is 1.95. The van der Waals surface area contributed by atoms with Gasteiger partial charge in [-0.15, -0.1) is 12.4 Å². The molecule has 0 saturated carbocycles. The van der Waals surface area contributed by atoms with Gasteiger partial charge in [0.2, 0.25) is 5.76 Å². The number of carboxylic acids is 1. The number of rotatable bonds is 1. The molecule has 2 aromatic rings. The van der Waals surface area contributed by atoms with Crippen LogP contribution in [0.3, 0.4) is 0 Å². The van der Waals surface area contributed by atoms with E-state index in [1.54, 1.807) is 12.3 Å². The maximum Gasteiger partial charge on any atom is 0.371 e. The Bertz CT molecular complexity index is 405. The molecular weight excluding hydrogens is 194 g/mol. The fourth-order valence-electron chi connectivity index (χ4n) is 0.990. The minimum absolute atomic E-state index is 0. The average Bonchev–Trinajstić information content (AvgIpc) is 2.46. The first-order chi connectivity index (χ1) is 5.77. The van der Waals surface area contributed by atoms with Crippen molar-refractivity contribution in [3.05, 3.63) is 30.3 Å². The second-order valence-electron chi connectivity index (χ2n) is 2.33. The topological polar surface area (TPSA) is 63.3 Å². The van der Waals surface area contributed by atoms with Gasteiger partial charge in [0, 0.05) is 11.6 Å². The van der Waals surface area contributed by atoms with Gasteiger partial charge in [-0.1, -0.05) is 0 Å². The minimum Gasteiger partial charge on any atom is -0.475 e. The lowest BCUT2D eigenvalue weighted by Gasteiger charge is -1.82. The average molecular weight is 200 g/mol. The van der Waals surface area contributed by atoms with Gasteiger partial charge in [-0.25, -0.2) is 4.79 Å². The number of hydrogen-bond donors (Lipinski definition) is 1.